The lowest BCUT2D eigenvalue weighted by Gasteiger charge is -2.04. The number of unbranched alkanes of at least 4 members (excludes halogenated alkanes) is 1. The van der Waals surface area contributed by atoms with Crippen LogP contribution in [0.25, 0.3) is 16.9 Å². The molecule has 0 spiro atoms. The van der Waals surface area contributed by atoms with Gasteiger partial charge >= 0.3 is 0 Å². The van der Waals surface area contributed by atoms with Gasteiger partial charge in [0.15, 0.2) is 0 Å². The van der Waals surface area contributed by atoms with Crippen molar-refractivity contribution in [1.29, 1.82) is 0 Å². The molecule has 0 saturated carbocycles. The maximum absolute atomic E-state index is 10.7. The molecule has 1 N–H and O–H groups in total. The van der Waals surface area contributed by atoms with Crippen LogP contribution in [0.2, 0.25) is 0 Å². The first kappa shape index (κ1) is 15.3. The van der Waals surface area contributed by atoms with Crippen LogP contribution in [0, 0.1) is 6.92 Å². The predicted molar refractivity (Wildman–Crippen MR) is 94.0 cm³/mol. The summed E-state index contributed by atoms with van der Waals surface area (Å²) >= 11 is 0. The summed E-state index contributed by atoms with van der Waals surface area (Å²) in [5.41, 5.74) is 4.92. The summed E-state index contributed by atoms with van der Waals surface area (Å²) in [6.07, 6.45) is 2.95. The van der Waals surface area contributed by atoms with E-state index in [1.54, 1.807) is 4.68 Å². The minimum absolute atomic E-state index is 0.251. The van der Waals surface area contributed by atoms with Crippen LogP contribution >= 0.6 is 0 Å². The topological polar surface area (TPSA) is 38.0 Å². The third-order valence-corrected chi connectivity index (χ3v) is 4.06. The Morgan fingerprint density at radius 2 is 1.70 bits per heavy atom. The molecular formula is C20H22N2O. The Hall–Kier alpha value is -2.55. The monoisotopic (exact) mass is 306 g/mol. The zero-order valence-electron chi connectivity index (χ0n) is 13.7. The van der Waals surface area contributed by atoms with E-state index in [4.69, 9.17) is 5.10 Å². The van der Waals surface area contributed by atoms with Gasteiger partial charge in [0.1, 0.15) is 0 Å². The van der Waals surface area contributed by atoms with E-state index in [2.05, 4.69) is 13.8 Å². The molecule has 0 amide bonds. The Labute approximate surface area is 137 Å². The summed E-state index contributed by atoms with van der Waals surface area (Å²) < 4.78 is 1.65. The molecule has 0 aliphatic rings. The molecule has 3 aromatic rings. The van der Waals surface area contributed by atoms with E-state index >= 15 is 0 Å². The maximum Gasteiger partial charge on any atom is 0.218 e. The van der Waals surface area contributed by atoms with Crippen molar-refractivity contribution in [2.24, 2.45) is 0 Å². The molecule has 0 aliphatic carbocycles. The first-order valence-electron chi connectivity index (χ1n) is 8.14. The molecule has 1 heterocycles. The molecule has 0 unspecified atom stereocenters. The molecule has 0 aliphatic heterocycles. The van der Waals surface area contributed by atoms with Crippen LogP contribution in [0.5, 0.6) is 5.88 Å². The van der Waals surface area contributed by atoms with Gasteiger partial charge in [-0.25, -0.2) is 4.68 Å². The summed E-state index contributed by atoms with van der Waals surface area (Å²) in [6.45, 7) is 4.21. The second-order valence-corrected chi connectivity index (χ2v) is 5.87. The van der Waals surface area contributed by atoms with Crippen molar-refractivity contribution in [3.8, 4) is 22.8 Å². The minimum atomic E-state index is 0.251. The third-order valence-electron chi connectivity index (χ3n) is 4.06. The van der Waals surface area contributed by atoms with Gasteiger partial charge in [-0.2, -0.15) is 5.10 Å². The second kappa shape index (κ2) is 6.69. The van der Waals surface area contributed by atoms with E-state index in [9.17, 15) is 5.11 Å². The van der Waals surface area contributed by atoms with Crippen LogP contribution in [-0.4, -0.2) is 14.9 Å². The predicted octanol–water partition coefficient (Wildman–Crippen LogP) is 4.90. The lowest BCUT2D eigenvalue weighted by atomic mass is 10.0. The number of benzene rings is 2. The fraction of sp³-hybridized carbons (Fsp3) is 0.250. The molecule has 0 atom stereocenters. The quantitative estimate of drug-likeness (QED) is 0.728. The van der Waals surface area contributed by atoms with Gasteiger partial charge in [-0.1, -0.05) is 61.4 Å². The molecule has 118 valence electrons. The van der Waals surface area contributed by atoms with E-state index in [1.165, 1.54) is 5.56 Å². The summed E-state index contributed by atoms with van der Waals surface area (Å²) in [4.78, 5) is 0. The van der Waals surface area contributed by atoms with Gasteiger partial charge in [0.25, 0.3) is 0 Å². The highest BCUT2D eigenvalue weighted by Gasteiger charge is 2.19. The lowest BCUT2D eigenvalue weighted by Crippen LogP contribution is -1.96. The molecule has 0 saturated heterocycles. The van der Waals surface area contributed by atoms with Gasteiger partial charge in [0, 0.05) is 11.1 Å². The fourth-order valence-corrected chi connectivity index (χ4v) is 2.72. The number of hydrogen-bond donors (Lipinski definition) is 1. The Balaban J connectivity index is 2.11. The fourth-order valence-electron chi connectivity index (χ4n) is 2.72. The van der Waals surface area contributed by atoms with Crippen LogP contribution in [0.4, 0.5) is 0 Å². The molecule has 3 nitrogen and oxygen atoms in total. The van der Waals surface area contributed by atoms with Crippen LogP contribution in [0.1, 0.15) is 30.9 Å². The van der Waals surface area contributed by atoms with Gasteiger partial charge in [-0.3, -0.25) is 0 Å². The van der Waals surface area contributed by atoms with E-state index in [1.807, 2.05) is 54.6 Å². The van der Waals surface area contributed by atoms with E-state index in [-0.39, 0.29) is 5.88 Å². The van der Waals surface area contributed by atoms with Crippen molar-refractivity contribution < 1.29 is 5.11 Å². The Morgan fingerprint density at radius 3 is 2.35 bits per heavy atom. The second-order valence-electron chi connectivity index (χ2n) is 5.87. The molecule has 3 heteroatoms. The summed E-state index contributed by atoms with van der Waals surface area (Å²) in [6, 6.07) is 18.1. The lowest BCUT2D eigenvalue weighted by molar-refractivity contribution is 0.427. The van der Waals surface area contributed by atoms with Gasteiger partial charge in [0.2, 0.25) is 5.88 Å². The molecule has 0 bridgehead atoms. The molecule has 2 aromatic carbocycles. The van der Waals surface area contributed by atoms with Gasteiger partial charge in [-0.05, 0) is 31.9 Å². The van der Waals surface area contributed by atoms with Crippen molar-refractivity contribution in [1.82, 2.24) is 9.78 Å². The van der Waals surface area contributed by atoms with Crippen molar-refractivity contribution in [2.75, 3.05) is 0 Å². The third kappa shape index (κ3) is 3.14. The summed E-state index contributed by atoms with van der Waals surface area (Å²) in [7, 11) is 0. The number of aromatic nitrogens is 2. The first-order valence-corrected chi connectivity index (χ1v) is 8.14. The first-order chi connectivity index (χ1) is 11.2. The Morgan fingerprint density at radius 1 is 1.00 bits per heavy atom. The average molecular weight is 306 g/mol. The summed E-state index contributed by atoms with van der Waals surface area (Å²) in [5.74, 6) is 0.251. The standard InChI is InChI=1S/C20H22N2O/c1-3-4-10-18-19(16-8-6-5-7-9-16)21-22(20(18)23)17-13-11-15(2)12-14-17/h5-9,11-14,23H,3-4,10H2,1-2H3. The van der Waals surface area contributed by atoms with E-state index in [0.717, 1.165) is 41.8 Å². The van der Waals surface area contributed by atoms with Gasteiger partial charge in [-0.15, -0.1) is 0 Å². The Bertz CT molecular complexity index is 773. The van der Waals surface area contributed by atoms with Crippen LogP contribution in [0.15, 0.2) is 54.6 Å². The zero-order valence-corrected chi connectivity index (χ0v) is 13.7. The highest BCUT2D eigenvalue weighted by Crippen LogP contribution is 2.33. The zero-order chi connectivity index (χ0) is 16.2. The van der Waals surface area contributed by atoms with Gasteiger partial charge < -0.3 is 5.11 Å². The maximum atomic E-state index is 10.7. The van der Waals surface area contributed by atoms with Gasteiger partial charge in [0.05, 0.1) is 11.4 Å². The number of aromatic hydroxyl groups is 1. The van der Waals surface area contributed by atoms with Crippen molar-refractivity contribution in [2.45, 2.75) is 33.1 Å². The molecule has 3 rings (SSSR count). The van der Waals surface area contributed by atoms with Crippen LogP contribution in [0.3, 0.4) is 0 Å². The Kier molecular flexibility index (Phi) is 4.47. The number of nitrogens with zero attached hydrogens (tertiary/aromatic N) is 2. The molecule has 0 radical (unpaired) electrons. The smallest absolute Gasteiger partial charge is 0.218 e. The number of aryl methyl sites for hydroxylation is 1. The van der Waals surface area contributed by atoms with E-state index < -0.39 is 0 Å². The van der Waals surface area contributed by atoms with Crippen molar-refractivity contribution in [3.05, 3.63) is 65.7 Å². The molecule has 1 aromatic heterocycles. The molecule has 23 heavy (non-hydrogen) atoms. The van der Waals surface area contributed by atoms with Crippen LogP contribution in [-0.2, 0) is 6.42 Å². The van der Waals surface area contributed by atoms with Crippen molar-refractivity contribution in [3.63, 3.8) is 0 Å². The molecule has 0 fully saturated rings. The minimum Gasteiger partial charge on any atom is -0.493 e. The average Bonchev–Trinajstić information content (AvgIpc) is 2.91. The van der Waals surface area contributed by atoms with E-state index in [0.29, 0.717) is 0 Å². The highest BCUT2D eigenvalue weighted by molar-refractivity contribution is 5.66. The number of hydrogen-bond acceptors (Lipinski definition) is 2. The van der Waals surface area contributed by atoms with Crippen LogP contribution < -0.4 is 0 Å². The highest BCUT2D eigenvalue weighted by atomic mass is 16.3. The molecular weight excluding hydrogens is 284 g/mol. The van der Waals surface area contributed by atoms with Crippen molar-refractivity contribution >= 4 is 0 Å². The summed E-state index contributed by atoms with van der Waals surface area (Å²) in [5, 5.41) is 15.4. The normalized spacial score (nSPS) is 10.9. The number of rotatable bonds is 5. The largest absolute Gasteiger partial charge is 0.493 e. The SMILES string of the molecule is CCCCc1c(-c2ccccc2)nn(-c2ccc(C)cc2)c1O.